The third kappa shape index (κ3) is 6.06. The third-order valence-corrected chi connectivity index (χ3v) is 2.23. The topological polar surface area (TPSA) is 122 Å². The molecule has 0 atom stereocenters. The second-order valence-corrected chi connectivity index (χ2v) is 3.87. The van der Waals surface area contributed by atoms with Crippen molar-refractivity contribution >= 4 is 23.5 Å². The van der Waals surface area contributed by atoms with E-state index in [1.54, 1.807) is 24.3 Å². The van der Waals surface area contributed by atoms with Crippen LogP contribution in [0.3, 0.4) is 0 Å². The Kier molecular flexibility index (Phi) is 5.34. The van der Waals surface area contributed by atoms with Gasteiger partial charge in [0, 0.05) is 5.69 Å². The summed E-state index contributed by atoms with van der Waals surface area (Å²) in [7, 11) is 0. The average Bonchev–Trinajstić information content (AvgIpc) is 2.36. The molecule has 19 heavy (non-hydrogen) atoms. The number of carbonyl (C=O) groups excluding carboxylic acids is 2. The van der Waals surface area contributed by atoms with Gasteiger partial charge in [-0.3, -0.25) is 14.4 Å². The van der Waals surface area contributed by atoms with Crippen molar-refractivity contribution in [2.45, 2.75) is 6.42 Å². The third-order valence-electron chi connectivity index (χ3n) is 2.23. The van der Waals surface area contributed by atoms with Crippen molar-refractivity contribution in [3.63, 3.8) is 0 Å². The van der Waals surface area contributed by atoms with E-state index in [0.717, 1.165) is 5.56 Å². The molecule has 0 aliphatic carbocycles. The fraction of sp³-hybridized carbons (Fsp3) is 0.250. The van der Waals surface area contributed by atoms with Gasteiger partial charge in [0.2, 0.25) is 11.8 Å². The van der Waals surface area contributed by atoms with Crippen LogP contribution < -0.4 is 16.4 Å². The first-order valence-corrected chi connectivity index (χ1v) is 5.57. The lowest BCUT2D eigenvalue weighted by atomic mass is 10.1. The van der Waals surface area contributed by atoms with Crippen LogP contribution in [-0.2, 0) is 20.8 Å². The van der Waals surface area contributed by atoms with Crippen molar-refractivity contribution in [1.29, 1.82) is 0 Å². The highest BCUT2D eigenvalue weighted by molar-refractivity contribution is 5.87. The standard InChI is InChI=1S/C12H15N3O4/c13-9-3-1-8(2-4-9)5-10(16)14-6-11(17)15-7-12(18)19/h1-4H,5-7,13H2,(H,14,16)(H,15,17)(H,18,19). The summed E-state index contributed by atoms with van der Waals surface area (Å²) in [5.74, 6) is -2.01. The van der Waals surface area contributed by atoms with Crippen molar-refractivity contribution in [3.8, 4) is 0 Å². The number of aliphatic carboxylic acids is 1. The predicted octanol–water partition coefficient (Wildman–Crippen LogP) is -0.872. The quantitative estimate of drug-likeness (QED) is 0.498. The number of anilines is 1. The van der Waals surface area contributed by atoms with Crippen LogP contribution >= 0.6 is 0 Å². The first kappa shape index (κ1) is 14.5. The van der Waals surface area contributed by atoms with E-state index >= 15 is 0 Å². The zero-order valence-corrected chi connectivity index (χ0v) is 10.2. The molecule has 0 aromatic heterocycles. The molecule has 0 spiro atoms. The molecule has 1 aromatic carbocycles. The Morgan fingerprint density at radius 2 is 1.58 bits per heavy atom. The Bertz CT molecular complexity index is 470. The van der Waals surface area contributed by atoms with Crippen LogP contribution in [0.2, 0.25) is 0 Å². The van der Waals surface area contributed by atoms with E-state index in [-0.39, 0.29) is 18.9 Å². The number of nitrogen functional groups attached to an aromatic ring is 1. The van der Waals surface area contributed by atoms with Crippen molar-refractivity contribution < 1.29 is 19.5 Å². The molecule has 0 saturated carbocycles. The van der Waals surface area contributed by atoms with Gasteiger partial charge in [-0.1, -0.05) is 12.1 Å². The van der Waals surface area contributed by atoms with E-state index < -0.39 is 18.4 Å². The molecule has 0 aliphatic heterocycles. The molecule has 7 nitrogen and oxygen atoms in total. The molecule has 0 unspecified atom stereocenters. The van der Waals surface area contributed by atoms with Crippen molar-refractivity contribution in [3.05, 3.63) is 29.8 Å². The van der Waals surface area contributed by atoms with Crippen LogP contribution in [0.4, 0.5) is 5.69 Å². The number of hydrogen-bond acceptors (Lipinski definition) is 4. The van der Waals surface area contributed by atoms with E-state index in [0.29, 0.717) is 5.69 Å². The van der Waals surface area contributed by atoms with E-state index in [4.69, 9.17) is 10.8 Å². The van der Waals surface area contributed by atoms with Gasteiger partial charge < -0.3 is 21.5 Å². The molecule has 0 bridgehead atoms. The summed E-state index contributed by atoms with van der Waals surface area (Å²) in [6.45, 7) is -0.715. The molecule has 7 heteroatoms. The Labute approximate surface area is 109 Å². The normalized spacial score (nSPS) is 9.68. The summed E-state index contributed by atoms with van der Waals surface area (Å²) in [6, 6.07) is 6.81. The minimum atomic E-state index is -1.14. The van der Waals surface area contributed by atoms with E-state index in [9.17, 15) is 14.4 Å². The Morgan fingerprint density at radius 3 is 2.16 bits per heavy atom. The molecule has 0 fully saturated rings. The minimum absolute atomic E-state index is 0.131. The minimum Gasteiger partial charge on any atom is -0.480 e. The van der Waals surface area contributed by atoms with Gasteiger partial charge in [0.1, 0.15) is 6.54 Å². The summed E-state index contributed by atoms with van der Waals surface area (Å²) in [4.78, 5) is 32.8. The number of benzene rings is 1. The molecule has 0 radical (unpaired) electrons. The van der Waals surface area contributed by atoms with Gasteiger partial charge in [-0.05, 0) is 17.7 Å². The molecule has 5 N–H and O–H groups in total. The highest BCUT2D eigenvalue weighted by atomic mass is 16.4. The number of carbonyl (C=O) groups is 3. The van der Waals surface area contributed by atoms with Gasteiger partial charge >= 0.3 is 5.97 Å². The first-order valence-electron chi connectivity index (χ1n) is 5.57. The number of rotatable bonds is 6. The van der Waals surface area contributed by atoms with E-state index in [1.165, 1.54) is 0 Å². The maximum Gasteiger partial charge on any atom is 0.322 e. The molecule has 0 heterocycles. The molecular formula is C12H15N3O4. The first-order chi connectivity index (χ1) is 8.97. The summed E-state index contributed by atoms with van der Waals surface area (Å²) >= 11 is 0. The molecular weight excluding hydrogens is 250 g/mol. The Hall–Kier alpha value is -2.57. The number of nitrogens with one attached hydrogen (secondary N) is 2. The SMILES string of the molecule is Nc1ccc(CC(=O)NCC(=O)NCC(=O)O)cc1. The van der Waals surface area contributed by atoms with Crippen LogP contribution in [0.25, 0.3) is 0 Å². The van der Waals surface area contributed by atoms with Crippen molar-refractivity contribution in [2.75, 3.05) is 18.8 Å². The van der Waals surface area contributed by atoms with Crippen LogP contribution in [0.5, 0.6) is 0 Å². The van der Waals surface area contributed by atoms with Crippen molar-refractivity contribution in [2.24, 2.45) is 0 Å². The van der Waals surface area contributed by atoms with Crippen LogP contribution in [0.15, 0.2) is 24.3 Å². The number of amides is 2. The van der Waals surface area contributed by atoms with Gasteiger partial charge in [-0.15, -0.1) is 0 Å². The van der Waals surface area contributed by atoms with E-state index in [2.05, 4.69) is 10.6 Å². The van der Waals surface area contributed by atoms with Crippen molar-refractivity contribution in [1.82, 2.24) is 10.6 Å². The van der Waals surface area contributed by atoms with Crippen LogP contribution in [0, 0.1) is 0 Å². The smallest absolute Gasteiger partial charge is 0.322 e. The number of nitrogens with two attached hydrogens (primary N) is 1. The summed E-state index contributed by atoms with van der Waals surface area (Å²) in [6.07, 6.45) is 0.131. The molecule has 1 aromatic rings. The summed E-state index contributed by atoms with van der Waals surface area (Å²) < 4.78 is 0. The van der Waals surface area contributed by atoms with E-state index in [1.807, 2.05) is 0 Å². The predicted molar refractivity (Wildman–Crippen MR) is 68.2 cm³/mol. The number of carboxylic acids is 1. The lowest BCUT2D eigenvalue weighted by Gasteiger charge is -2.05. The molecule has 1 rings (SSSR count). The maximum atomic E-state index is 11.5. The van der Waals surface area contributed by atoms with Gasteiger partial charge in [0.05, 0.1) is 13.0 Å². The van der Waals surface area contributed by atoms with Crippen LogP contribution in [0.1, 0.15) is 5.56 Å². The van der Waals surface area contributed by atoms with Gasteiger partial charge in [0.15, 0.2) is 0 Å². The molecule has 0 saturated heterocycles. The molecule has 0 aliphatic rings. The number of carboxylic acid groups (broad SMARTS) is 1. The molecule has 102 valence electrons. The lowest BCUT2D eigenvalue weighted by molar-refractivity contribution is -0.137. The average molecular weight is 265 g/mol. The monoisotopic (exact) mass is 265 g/mol. The fourth-order valence-electron chi connectivity index (χ4n) is 1.30. The largest absolute Gasteiger partial charge is 0.480 e. The fourth-order valence-corrected chi connectivity index (χ4v) is 1.30. The van der Waals surface area contributed by atoms with Gasteiger partial charge in [-0.25, -0.2) is 0 Å². The molecule has 2 amide bonds. The Balaban J connectivity index is 2.29. The van der Waals surface area contributed by atoms with Crippen LogP contribution in [-0.4, -0.2) is 36.0 Å². The highest BCUT2D eigenvalue weighted by Gasteiger charge is 2.07. The zero-order chi connectivity index (χ0) is 14.3. The Morgan fingerprint density at radius 1 is 1.00 bits per heavy atom. The lowest BCUT2D eigenvalue weighted by Crippen LogP contribution is -2.39. The zero-order valence-electron chi connectivity index (χ0n) is 10.2. The summed E-state index contributed by atoms with van der Waals surface area (Å²) in [5.41, 5.74) is 6.90. The van der Waals surface area contributed by atoms with Gasteiger partial charge in [-0.2, -0.15) is 0 Å². The van der Waals surface area contributed by atoms with Gasteiger partial charge in [0.25, 0.3) is 0 Å². The second kappa shape index (κ2) is 7.00. The summed E-state index contributed by atoms with van der Waals surface area (Å²) in [5, 5.41) is 12.9. The second-order valence-electron chi connectivity index (χ2n) is 3.87. The number of hydrogen-bond donors (Lipinski definition) is 4. The maximum absolute atomic E-state index is 11.5. The highest BCUT2D eigenvalue weighted by Crippen LogP contribution is 2.05.